The summed E-state index contributed by atoms with van der Waals surface area (Å²) in [7, 11) is 0. The van der Waals surface area contributed by atoms with Crippen molar-refractivity contribution in [3.05, 3.63) is 69.9 Å². The Kier molecular flexibility index (Phi) is 5.26. The molecule has 1 aromatic heterocycles. The van der Waals surface area contributed by atoms with E-state index < -0.39 is 4.92 Å². The van der Waals surface area contributed by atoms with Crippen molar-refractivity contribution in [2.24, 2.45) is 0 Å². The van der Waals surface area contributed by atoms with Gasteiger partial charge in [0.25, 0.3) is 5.69 Å². The molecule has 1 unspecified atom stereocenters. The molecular formula is C21H19FN4O4. The maximum Gasteiger partial charge on any atom is 0.293 e. The SMILES string of the molecule is CC(=O)c1ccc(N2CCCC(c3nc(-c4cccc(F)c4)no3)C2)c([N+](=O)[O-])c1. The minimum absolute atomic E-state index is 0.102. The molecule has 3 aromatic rings. The third-order valence-electron chi connectivity index (χ3n) is 5.21. The number of hydrogen-bond donors (Lipinski definition) is 0. The summed E-state index contributed by atoms with van der Waals surface area (Å²) in [5, 5.41) is 15.5. The van der Waals surface area contributed by atoms with Gasteiger partial charge in [0.2, 0.25) is 11.7 Å². The second kappa shape index (κ2) is 8.02. The number of Topliss-reactive ketones (excluding diaryl/α,β-unsaturated/α-hetero) is 1. The van der Waals surface area contributed by atoms with Gasteiger partial charge in [-0.3, -0.25) is 14.9 Å². The molecule has 4 rings (SSSR count). The van der Waals surface area contributed by atoms with Crippen LogP contribution in [0.15, 0.2) is 47.0 Å². The first kappa shape index (κ1) is 19.7. The van der Waals surface area contributed by atoms with Crippen LogP contribution in [0.5, 0.6) is 0 Å². The quantitative estimate of drug-likeness (QED) is 0.349. The lowest BCUT2D eigenvalue weighted by Gasteiger charge is -2.32. The van der Waals surface area contributed by atoms with Crippen molar-refractivity contribution in [3.63, 3.8) is 0 Å². The molecule has 0 spiro atoms. The molecule has 2 aromatic carbocycles. The molecule has 1 aliphatic rings. The molecule has 1 atom stereocenters. The van der Waals surface area contributed by atoms with E-state index in [0.29, 0.717) is 41.6 Å². The van der Waals surface area contributed by atoms with Gasteiger partial charge in [-0.15, -0.1) is 0 Å². The molecule has 0 bridgehead atoms. The Balaban J connectivity index is 1.59. The van der Waals surface area contributed by atoms with E-state index in [1.807, 2.05) is 4.90 Å². The average Bonchev–Trinajstić information content (AvgIpc) is 3.24. The molecule has 0 aliphatic carbocycles. The Morgan fingerprint density at radius 3 is 2.87 bits per heavy atom. The number of benzene rings is 2. The fourth-order valence-corrected chi connectivity index (χ4v) is 3.70. The summed E-state index contributed by atoms with van der Waals surface area (Å²) in [6.45, 7) is 2.48. The number of halogens is 1. The zero-order valence-electron chi connectivity index (χ0n) is 16.2. The van der Waals surface area contributed by atoms with E-state index in [1.54, 1.807) is 24.3 Å². The minimum atomic E-state index is -0.472. The van der Waals surface area contributed by atoms with Crippen LogP contribution in [-0.2, 0) is 0 Å². The lowest BCUT2D eigenvalue weighted by atomic mass is 9.97. The molecule has 8 nitrogen and oxygen atoms in total. The molecule has 2 heterocycles. The van der Waals surface area contributed by atoms with Crippen LogP contribution in [0, 0.1) is 15.9 Å². The number of aromatic nitrogens is 2. The van der Waals surface area contributed by atoms with Crippen LogP contribution in [0.1, 0.15) is 41.9 Å². The number of piperidine rings is 1. The smallest absolute Gasteiger partial charge is 0.293 e. The molecule has 0 amide bonds. The summed E-state index contributed by atoms with van der Waals surface area (Å²) in [6, 6.07) is 10.5. The zero-order chi connectivity index (χ0) is 21.3. The van der Waals surface area contributed by atoms with E-state index >= 15 is 0 Å². The number of hydrogen-bond acceptors (Lipinski definition) is 7. The predicted molar refractivity (Wildman–Crippen MR) is 107 cm³/mol. The highest BCUT2D eigenvalue weighted by atomic mass is 19.1. The first-order valence-electron chi connectivity index (χ1n) is 9.56. The van der Waals surface area contributed by atoms with Crippen LogP contribution in [0.4, 0.5) is 15.8 Å². The highest BCUT2D eigenvalue weighted by Gasteiger charge is 2.30. The Hall–Kier alpha value is -3.62. The van der Waals surface area contributed by atoms with Crippen LogP contribution in [0.2, 0.25) is 0 Å². The Bertz CT molecular complexity index is 1110. The molecule has 30 heavy (non-hydrogen) atoms. The Morgan fingerprint density at radius 1 is 1.30 bits per heavy atom. The van der Waals surface area contributed by atoms with E-state index in [0.717, 1.165) is 12.8 Å². The largest absolute Gasteiger partial charge is 0.365 e. The van der Waals surface area contributed by atoms with Gasteiger partial charge in [-0.2, -0.15) is 4.98 Å². The lowest BCUT2D eigenvalue weighted by Crippen LogP contribution is -2.35. The average molecular weight is 410 g/mol. The monoisotopic (exact) mass is 410 g/mol. The Morgan fingerprint density at radius 2 is 2.13 bits per heavy atom. The van der Waals surface area contributed by atoms with Gasteiger partial charge < -0.3 is 9.42 Å². The number of nitro benzene ring substituents is 1. The van der Waals surface area contributed by atoms with Crippen LogP contribution in [-0.4, -0.2) is 33.9 Å². The molecular weight excluding hydrogens is 391 g/mol. The topological polar surface area (TPSA) is 102 Å². The van der Waals surface area contributed by atoms with E-state index in [2.05, 4.69) is 10.1 Å². The molecule has 1 fully saturated rings. The normalized spacial score (nSPS) is 16.5. The molecule has 0 radical (unpaired) electrons. The van der Waals surface area contributed by atoms with Gasteiger partial charge in [0.1, 0.15) is 11.5 Å². The van der Waals surface area contributed by atoms with Gasteiger partial charge >= 0.3 is 0 Å². The second-order valence-electron chi connectivity index (χ2n) is 7.27. The summed E-state index contributed by atoms with van der Waals surface area (Å²) < 4.78 is 18.9. The summed E-state index contributed by atoms with van der Waals surface area (Å²) in [5.41, 5.74) is 1.18. The maximum absolute atomic E-state index is 13.5. The number of nitro groups is 1. The van der Waals surface area contributed by atoms with E-state index in [9.17, 15) is 19.3 Å². The van der Waals surface area contributed by atoms with Crippen molar-refractivity contribution in [2.75, 3.05) is 18.0 Å². The van der Waals surface area contributed by atoms with Crippen molar-refractivity contribution in [3.8, 4) is 11.4 Å². The third-order valence-corrected chi connectivity index (χ3v) is 5.21. The molecule has 1 aliphatic heterocycles. The van der Waals surface area contributed by atoms with E-state index in [1.165, 1.54) is 25.1 Å². The highest BCUT2D eigenvalue weighted by Crippen LogP contribution is 2.35. The Labute approximate surface area is 171 Å². The number of carbonyl (C=O) groups is 1. The first-order valence-corrected chi connectivity index (χ1v) is 9.56. The van der Waals surface area contributed by atoms with Crippen LogP contribution < -0.4 is 4.90 Å². The first-order chi connectivity index (χ1) is 14.4. The zero-order valence-corrected chi connectivity index (χ0v) is 16.2. The summed E-state index contributed by atoms with van der Waals surface area (Å²) in [5.74, 6) is 0.00181. The summed E-state index contributed by atoms with van der Waals surface area (Å²) >= 11 is 0. The van der Waals surface area contributed by atoms with Gasteiger partial charge in [0.15, 0.2) is 5.78 Å². The number of anilines is 1. The van der Waals surface area contributed by atoms with E-state index in [-0.39, 0.29) is 23.2 Å². The standard InChI is InChI=1S/C21H19FN4O4/c1-13(27)14-7-8-18(19(11-14)26(28)29)25-9-3-5-16(12-25)21-23-20(24-30-21)15-4-2-6-17(22)10-15/h2,4,6-8,10-11,16H,3,5,9,12H2,1H3. The van der Waals surface area contributed by atoms with Gasteiger partial charge in [-0.25, -0.2) is 4.39 Å². The number of rotatable bonds is 5. The van der Waals surface area contributed by atoms with Crippen molar-refractivity contribution < 1.29 is 18.6 Å². The van der Waals surface area contributed by atoms with Crippen molar-refractivity contribution in [1.82, 2.24) is 10.1 Å². The fraction of sp³-hybridized carbons (Fsp3) is 0.286. The molecule has 1 saturated heterocycles. The lowest BCUT2D eigenvalue weighted by molar-refractivity contribution is -0.384. The van der Waals surface area contributed by atoms with Crippen LogP contribution >= 0.6 is 0 Å². The van der Waals surface area contributed by atoms with Crippen molar-refractivity contribution in [2.45, 2.75) is 25.7 Å². The molecule has 154 valence electrons. The van der Waals surface area contributed by atoms with Crippen molar-refractivity contribution in [1.29, 1.82) is 0 Å². The molecule has 9 heteroatoms. The predicted octanol–water partition coefficient (Wildman–Crippen LogP) is 4.37. The van der Waals surface area contributed by atoms with Crippen LogP contribution in [0.3, 0.4) is 0 Å². The molecule has 0 N–H and O–H groups in total. The van der Waals surface area contributed by atoms with Crippen LogP contribution in [0.25, 0.3) is 11.4 Å². The number of nitrogens with zero attached hydrogens (tertiary/aromatic N) is 4. The summed E-state index contributed by atoms with van der Waals surface area (Å²) in [4.78, 5) is 29.0. The fourth-order valence-electron chi connectivity index (χ4n) is 3.70. The van der Waals surface area contributed by atoms with E-state index in [4.69, 9.17) is 4.52 Å². The highest BCUT2D eigenvalue weighted by molar-refractivity contribution is 5.95. The maximum atomic E-state index is 13.5. The van der Waals surface area contributed by atoms with Gasteiger partial charge in [0.05, 0.1) is 10.8 Å². The van der Waals surface area contributed by atoms with Gasteiger partial charge in [0, 0.05) is 30.3 Å². The number of ketones is 1. The van der Waals surface area contributed by atoms with Gasteiger partial charge in [-0.05, 0) is 44.0 Å². The van der Waals surface area contributed by atoms with Gasteiger partial charge in [-0.1, -0.05) is 17.3 Å². The summed E-state index contributed by atoms with van der Waals surface area (Å²) in [6.07, 6.45) is 1.58. The molecule has 0 saturated carbocycles. The number of carbonyl (C=O) groups excluding carboxylic acids is 1. The third kappa shape index (κ3) is 3.91. The minimum Gasteiger partial charge on any atom is -0.365 e. The second-order valence-corrected chi connectivity index (χ2v) is 7.27. The van der Waals surface area contributed by atoms with Crippen molar-refractivity contribution >= 4 is 17.2 Å².